The van der Waals surface area contributed by atoms with E-state index in [9.17, 15) is 18.3 Å². The third kappa shape index (κ3) is 3.76. The molecule has 0 unspecified atom stereocenters. The lowest BCUT2D eigenvalue weighted by Gasteiger charge is -2.08. The Morgan fingerprint density at radius 1 is 1.09 bits per heavy atom. The monoisotopic (exact) mass is 322 g/mol. The zero-order valence-corrected chi connectivity index (χ0v) is 12.3. The first-order valence-corrected chi connectivity index (χ1v) is 8.02. The minimum atomic E-state index is -3.46. The number of hydrogen-bond donors (Lipinski definition) is 2. The van der Waals surface area contributed by atoms with E-state index >= 15 is 0 Å². The summed E-state index contributed by atoms with van der Waals surface area (Å²) in [6.07, 6.45) is 0. The summed E-state index contributed by atoms with van der Waals surface area (Å²) in [5, 5.41) is 18.3. The van der Waals surface area contributed by atoms with Gasteiger partial charge >= 0.3 is 5.97 Å². The van der Waals surface area contributed by atoms with Crippen molar-refractivity contribution in [3.8, 4) is 11.5 Å². The molecule has 2 rings (SSSR count). The molecule has 0 aliphatic carbocycles. The van der Waals surface area contributed by atoms with Crippen LogP contribution in [0.2, 0.25) is 0 Å². The Labute approximate surface area is 127 Å². The van der Waals surface area contributed by atoms with Crippen LogP contribution >= 0.6 is 0 Å². The Bertz CT molecular complexity index is 768. The van der Waals surface area contributed by atoms with Crippen molar-refractivity contribution in [1.82, 2.24) is 0 Å². The fourth-order valence-electron chi connectivity index (χ4n) is 1.79. The molecule has 0 aliphatic rings. The Kier molecular flexibility index (Phi) is 4.67. The maximum Gasteiger partial charge on any atom is 0.339 e. The van der Waals surface area contributed by atoms with Crippen molar-refractivity contribution in [2.75, 3.05) is 12.4 Å². The van der Waals surface area contributed by atoms with E-state index in [-0.39, 0.29) is 34.3 Å². The molecule has 0 fully saturated rings. The number of sulfone groups is 1. The van der Waals surface area contributed by atoms with Gasteiger partial charge in [-0.3, -0.25) is 0 Å². The largest absolute Gasteiger partial charge is 0.507 e. The van der Waals surface area contributed by atoms with Crippen LogP contribution in [0, 0.1) is 0 Å². The lowest BCUT2D eigenvalue weighted by atomic mass is 10.2. The smallest absolute Gasteiger partial charge is 0.339 e. The molecule has 2 N–H and O–H groups in total. The minimum absolute atomic E-state index is 0.124. The van der Waals surface area contributed by atoms with Gasteiger partial charge in [0.15, 0.2) is 9.84 Å². The molecule has 0 heterocycles. The number of carboxylic acid groups (broad SMARTS) is 1. The summed E-state index contributed by atoms with van der Waals surface area (Å²) >= 11 is 0. The molecular weight excluding hydrogens is 308 g/mol. The van der Waals surface area contributed by atoms with Gasteiger partial charge in [-0.15, -0.1) is 0 Å². The second-order valence-corrected chi connectivity index (χ2v) is 6.57. The van der Waals surface area contributed by atoms with E-state index in [1.54, 1.807) is 18.2 Å². The lowest BCUT2D eigenvalue weighted by Crippen LogP contribution is -2.14. The number of carbonyl (C=O) groups is 1. The van der Waals surface area contributed by atoms with E-state index in [1.807, 2.05) is 0 Å². The topological polar surface area (TPSA) is 101 Å². The molecular formula is C15H14O6S. The zero-order chi connectivity index (χ0) is 16.2. The SMILES string of the molecule is O=C(O)c1cc(OCCS(=O)(=O)c2ccccc2)ccc1O. The minimum Gasteiger partial charge on any atom is -0.507 e. The second-order valence-electron chi connectivity index (χ2n) is 4.46. The molecule has 0 bridgehead atoms. The highest BCUT2D eigenvalue weighted by Crippen LogP contribution is 2.23. The first-order valence-electron chi connectivity index (χ1n) is 6.37. The fraction of sp³-hybridized carbons (Fsp3) is 0.133. The molecule has 22 heavy (non-hydrogen) atoms. The van der Waals surface area contributed by atoms with Crippen molar-refractivity contribution in [2.45, 2.75) is 4.90 Å². The van der Waals surface area contributed by atoms with Crippen LogP contribution in [-0.2, 0) is 9.84 Å². The molecule has 6 nitrogen and oxygen atoms in total. The number of aromatic carboxylic acids is 1. The van der Waals surface area contributed by atoms with Crippen LogP contribution in [0.1, 0.15) is 10.4 Å². The van der Waals surface area contributed by atoms with Gasteiger partial charge in [0.1, 0.15) is 23.7 Å². The maximum absolute atomic E-state index is 12.0. The lowest BCUT2D eigenvalue weighted by molar-refractivity contribution is 0.0693. The zero-order valence-electron chi connectivity index (χ0n) is 11.5. The summed E-state index contributed by atoms with van der Waals surface area (Å²) in [6, 6.07) is 11.7. The summed E-state index contributed by atoms with van der Waals surface area (Å²) in [7, 11) is -3.46. The van der Waals surface area contributed by atoms with E-state index in [0.29, 0.717) is 0 Å². The van der Waals surface area contributed by atoms with Gasteiger partial charge in [-0.05, 0) is 30.3 Å². The van der Waals surface area contributed by atoms with Gasteiger partial charge in [-0.25, -0.2) is 13.2 Å². The predicted octanol–water partition coefficient (Wildman–Crippen LogP) is 1.94. The highest BCUT2D eigenvalue weighted by Gasteiger charge is 2.15. The molecule has 7 heteroatoms. The van der Waals surface area contributed by atoms with Crippen LogP contribution in [0.5, 0.6) is 11.5 Å². The van der Waals surface area contributed by atoms with Gasteiger partial charge in [0.2, 0.25) is 0 Å². The standard InChI is InChI=1S/C15H14O6S/c16-14-7-6-11(10-13(14)15(17)18)21-8-9-22(19,20)12-4-2-1-3-5-12/h1-7,10,16H,8-9H2,(H,17,18). The average molecular weight is 322 g/mol. The predicted molar refractivity (Wildman–Crippen MR) is 79.1 cm³/mol. The fourth-order valence-corrected chi connectivity index (χ4v) is 2.90. The molecule has 0 radical (unpaired) electrons. The molecule has 0 aliphatic heterocycles. The summed E-state index contributed by atoms with van der Waals surface area (Å²) in [4.78, 5) is 11.1. The van der Waals surface area contributed by atoms with Crippen LogP contribution in [-0.4, -0.2) is 37.0 Å². The first kappa shape index (κ1) is 15.8. The number of carboxylic acids is 1. The highest BCUT2D eigenvalue weighted by atomic mass is 32.2. The molecule has 0 atom stereocenters. The molecule has 0 spiro atoms. The van der Waals surface area contributed by atoms with Crippen molar-refractivity contribution in [2.24, 2.45) is 0 Å². The van der Waals surface area contributed by atoms with Crippen molar-refractivity contribution in [3.63, 3.8) is 0 Å². The first-order chi connectivity index (χ1) is 10.4. The van der Waals surface area contributed by atoms with Crippen LogP contribution in [0.3, 0.4) is 0 Å². The van der Waals surface area contributed by atoms with E-state index in [2.05, 4.69) is 0 Å². The number of rotatable bonds is 6. The summed E-state index contributed by atoms with van der Waals surface area (Å²) in [5.41, 5.74) is -0.302. The van der Waals surface area contributed by atoms with Crippen LogP contribution in [0.15, 0.2) is 53.4 Å². The van der Waals surface area contributed by atoms with Gasteiger partial charge in [0, 0.05) is 0 Å². The summed E-state index contributed by atoms with van der Waals surface area (Å²) < 4.78 is 29.3. The Balaban J connectivity index is 2.03. The van der Waals surface area contributed by atoms with Gasteiger partial charge in [-0.2, -0.15) is 0 Å². The molecule has 0 aromatic heterocycles. The van der Waals surface area contributed by atoms with Gasteiger partial charge in [0.05, 0.1) is 10.6 Å². The molecule has 2 aromatic carbocycles. The summed E-state index contributed by atoms with van der Waals surface area (Å²) in [6.45, 7) is -0.124. The maximum atomic E-state index is 12.0. The number of ether oxygens (including phenoxy) is 1. The van der Waals surface area contributed by atoms with Crippen molar-refractivity contribution in [1.29, 1.82) is 0 Å². The van der Waals surface area contributed by atoms with Crippen LogP contribution < -0.4 is 4.74 Å². The number of benzene rings is 2. The van der Waals surface area contributed by atoms with E-state index < -0.39 is 15.8 Å². The van der Waals surface area contributed by atoms with Gasteiger partial charge in [0.25, 0.3) is 0 Å². The van der Waals surface area contributed by atoms with Crippen LogP contribution in [0.25, 0.3) is 0 Å². The Morgan fingerprint density at radius 3 is 2.41 bits per heavy atom. The molecule has 0 saturated heterocycles. The normalized spacial score (nSPS) is 11.1. The summed E-state index contributed by atoms with van der Waals surface area (Å²) in [5.74, 6) is -1.73. The van der Waals surface area contributed by atoms with E-state index in [0.717, 1.165) is 6.07 Å². The Morgan fingerprint density at radius 2 is 1.77 bits per heavy atom. The quantitative estimate of drug-likeness (QED) is 0.843. The number of phenols is 1. The highest BCUT2D eigenvalue weighted by molar-refractivity contribution is 7.91. The third-order valence-corrected chi connectivity index (χ3v) is 4.62. The third-order valence-electron chi connectivity index (χ3n) is 2.92. The van der Waals surface area contributed by atoms with Gasteiger partial charge < -0.3 is 14.9 Å². The van der Waals surface area contributed by atoms with E-state index in [1.165, 1.54) is 24.3 Å². The second kappa shape index (κ2) is 6.48. The molecule has 0 saturated carbocycles. The van der Waals surface area contributed by atoms with Crippen LogP contribution in [0.4, 0.5) is 0 Å². The van der Waals surface area contributed by atoms with Gasteiger partial charge in [-0.1, -0.05) is 18.2 Å². The van der Waals surface area contributed by atoms with Crippen molar-refractivity contribution < 1.29 is 28.2 Å². The van der Waals surface area contributed by atoms with Crippen molar-refractivity contribution in [3.05, 3.63) is 54.1 Å². The van der Waals surface area contributed by atoms with E-state index in [4.69, 9.17) is 9.84 Å². The molecule has 116 valence electrons. The average Bonchev–Trinajstić information content (AvgIpc) is 2.49. The Hall–Kier alpha value is -2.54. The number of aromatic hydroxyl groups is 1. The van der Waals surface area contributed by atoms with Crippen molar-refractivity contribution >= 4 is 15.8 Å². The number of hydrogen-bond acceptors (Lipinski definition) is 5. The molecule has 0 amide bonds. The molecule has 2 aromatic rings.